The van der Waals surface area contributed by atoms with E-state index in [1.54, 1.807) is 30.5 Å². The second-order valence-electron chi connectivity index (χ2n) is 5.54. The Hall–Kier alpha value is -3.14. The van der Waals surface area contributed by atoms with E-state index < -0.39 is 6.10 Å². The first-order valence-electron chi connectivity index (χ1n) is 7.75. The molecular weight excluding hydrogens is 302 g/mol. The summed E-state index contributed by atoms with van der Waals surface area (Å²) < 4.78 is 11.3. The van der Waals surface area contributed by atoms with Crippen LogP contribution >= 0.6 is 0 Å². The molecule has 4 nitrogen and oxygen atoms in total. The normalized spacial score (nSPS) is 19.6. The van der Waals surface area contributed by atoms with E-state index >= 15 is 0 Å². The quantitative estimate of drug-likeness (QED) is 0.682. The number of hydrogen-bond donors (Lipinski definition) is 0. The molecule has 0 unspecified atom stereocenters. The smallest absolute Gasteiger partial charge is 0.254 e. The first kappa shape index (κ1) is 14.5. The summed E-state index contributed by atoms with van der Waals surface area (Å²) in [6, 6.07) is 22.0. The molecule has 0 bridgehead atoms. The number of carbonyl (C=O) groups is 1. The van der Waals surface area contributed by atoms with E-state index in [1.165, 1.54) is 0 Å². The van der Waals surface area contributed by atoms with Crippen LogP contribution in [0.25, 0.3) is 0 Å². The van der Waals surface area contributed by atoms with Crippen molar-refractivity contribution in [3.05, 3.63) is 95.9 Å². The van der Waals surface area contributed by atoms with Gasteiger partial charge in [0.1, 0.15) is 6.04 Å². The van der Waals surface area contributed by atoms with Crippen LogP contribution in [-0.2, 0) is 4.74 Å². The fourth-order valence-electron chi connectivity index (χ4n) is 2.79. The molecule has 1 aliphatic heterocycles. The third-order valence-corrected chi connectivity index (χ3v) is 3.97. The molecule has 2 atom stereocenters. The molecule has 0 aliphatic carbocycles. The van der Waals surface area contributed by atoms with Gasteiger partial charge in [0, 0.05) is 5.56 Å². The van der Waals surface area contributed by atoms with Crippen LogP contribution in [0.4, 0.5) is 0 Å². The fourth-order valence-corrected chi connectivity index (χ4v) is 2.79. The van der Waals surface area contributed by atoms with Crippen molar-refractivity contribution in [3.8, 4) is 0 Å². The Morgan fingerprint density at radius 2 is 1.58 bits per heavy atom. The number of ether oxygens (including phenoxy) is 1. The van der Waals surface area contributed by atoms with Gasteiger partial charge in [-0.2, -0.15) is 0 Å². The number of nitrogens with zero attached hydrogens (tertiary/aromatic N) is 1. The van der Waals surface area contributed by atoms with Crippen molar-refractivity contribution in [1.29, 1.82) is 0 Å². The average molecular weight is 317 g/mol. The van der Waals surface area contributed by atoms with Crippen LogP contribution in [0.3, 0.4) is 0 Å². The second-order valence-corrected chi connectivity index (χ2v) is 5.54. The maximum Gasteiger partial charge on any atom is 0.254 e. The Bertz CT molecular complexity index is 854. The van der Waals surface area contributed by atoms with Gasteiger partial charge in [-0.1, -0.05) is 60.7 Å². The summed E-state index contributed by atoms with van der Waals surface area (Å²) >= 11 is 0. The van der Waals surface area contributed by atoms with Crippen molar-refractivity contribution in [2.75, 3.05) is 0 Å². The van der Waals surface area contributed by atoms with Gasteiger partial charge < -0.3 is 9.15 Å². The van der Waals surface area contributed by atoms with E-state index in [0.29, 0.717) is 17.2 Å². The molecule has 2 aromatic carbocycles. The Morgan fingerprint density at radius 1 is 0.875 bits per heavy atom. The SMILES string of the molecule is O=C(c1ccccc1)[C@H]1OC(c2ccco2)=N[C@@H]1c1ccccc1. The minimum Gasteiger partial charge on any atom is -0.461 e. The van der Waals surface area contributed by atoms with Gasteiger partial charge in [-0.25, -0.2) is 4.99 Å². The van der Waals surface area contributed by atoms with Crippen molar-refractivity contribution < 1.29 is 13.9 Å². The summed E-state index contributed by atoms with van der Waals surface area (Å²) in [5.74, 6) is 0.803. The molecule has 0 N–H and O–H groups in total. The summed E-state index contributed by atoms with van der Waals surface area (Å²) in [7, 11) is 0. The van der Waals surface area contributed by atoms with Crippen molar-refractivity contribution in [2.45, 2.75) is 12.1 Å². The summed E-state index contributed by atoms with van der Waals surface area (Å²) in [4.78, 5) is 17.5. The zero-order valence-corrected chi connectivity index (χ0v) is 12.8. The van der Waals surface area contributed by atoms with Crippen molar-refractivity contribution in [1.82, 2.24) is 0 Å². The molecule has 2 heterocycles. The molecule has 1 aliphatic rings. The minimum absolute atomic E-state index is 0.0882. The number of hydrogen-bond acceptors (Lipinski definition) is 4. The molecule has 3 aromatic rings. The van der Waals surface area contributed by atoms with E-state index in [1.807, 2.05) is 48.5 Å². The van der Waals surface area contributed by atoms with E-state index in [-0.39, 0.29) is 11.8 Å². The van der Waals surface area contributed by atoms with E-state index in [0.717, 1.165) is 5.56 Å². The summed E-state index contributed by atoms with van der Waals surface area (Å²) in [5.41, 5.74) is 1.55. The topological polar surface area (TPSA) is 51.8 Å². The highest BCUT2D eigenvalue weighted by molar-refractivity contribution is 6.04. The molecule has 0 saturated heterocycles. The highest BCUT2D eigenvalue weighted by Crippen LogP contribution is 2.33. The number of benzene rings is 2. The Morgan fingerprint density at radius 3 is 2.25 bits per heavy atom. The molecule has 1 aromatic heterocycles. The molecule has 24 heavy (non-hydrogen) atoms. The van der Waals surface area contributed by atoms with Gasteiger partial charge in [0.2, 0.25) is 5.78 Å². The number of furan rings is 1. The molecule has 118 valence electrons. The van der Waals surface area contributed by atoms with Crippen molar-refractivity contribution in [2.24, 2.45) is 4.99 Å². The number of Topliss-reactive ketones (excluding diaryl/α,β-unsaturated/α-hetero) is 1. The lowest BCUT2D eigenvalue weighted by atomic mass is 9.96. The van der Waals surface area contributed by atoms with E-state index in [4.69, 9.17) is 9.15 Å². The van der Waals surface area contributed by atoms with Crippen LogP contribution in [0, 0.1) is 0 Å². The second kappa shape index (κ2) is 6.16. The Kier molecular flexibility index (Phi) is 3.71. The summed E-state index contributed by atoms with van der Waals surface area (Å²) in [5, 5.41) is 0. The number of aliphatic imine (C=N–C) groups is 1. The predicted octanol–water partition coefficient (Wildman–Crippen LogP) is 4.05. The van der Waals surface area contributed by atoms with Crippen LogP contribution < -0.4 is 0 Å². The lowest BCUT2D eigenvalue weighted by Crippen LogP contribution is -2.27. The third kappa shape index (κ3) is 2.63. The van der Waals surface area contributed by atoms with E-state index in [2.05, 4.69) is 4.99 Å². The third-order valence-electron chi connectivity index (χ3n) is 3.97. The highest BCUT2D eigenvalue weighted by Gasteiger charge is 2.39. The fraction of sp³-hybridized carbons (Fsp3) is 0.100. The van der Waals surface area contributed by atoms with Gasteiger partial charge in [-0.05, 0) is 17.7 Å². The molecule has 0 fully saturated rings. The van der Waals surface area contributed by atoms with Gasteiger partial charge in [0.15, 0.2) is 11.9 Å². The lowest BCUT2D eigenvalue weighted by Gasteiger charge is -2.16. The summed E-state index contributed by atoms with van der Waals surface area (Å²) in [6.45, 7) is 0. The monoisotopic (exact) mass is 317 g/mol. The zero-order chi connectivity index (χ0) is 16.4. The maximum atomic E-state index is 12.9. The Balaban J connectivity index is 1.71. The average Bonchev–Trinajstić information content (AvgIpc) is 3.32. The van der Waals surface area contributed by atoms with Crippen LogP contribution in [0.1, 0.15) is 27.7 Å². The van der Waals surface area contributed by atoms with Crippen LogP contribution in [0.5, 0.6) is 0 Å². The molecule has 0 radical (unpaired) electrons. The molecule has 4 rings (SSSR count). The number of carbonyl (C=O) groups excluding carboxylic acids is 1. The largest absolute Gasteiger partial charge is 0.461 e. The van der Waals surface area contributed by atoms with Gasteiger partial charge in [0.25, 0.3) is 5.90 Å². The lowest BCUT2D eigenvalue weighted by molar-refractivity contribution is 0.0772. The molecule has 4 heteroatoms. The minimum atomic E-state index is -0.699. The Labute approximate surface area is 139 Å². The van der Waals surface area contributed by atoms with Gasteiger partial charge in [-0.3, -0.25) is 4.79 Å². The molecular formula is C20H15NO3. The number of ketones is 1. The van der Waals surface area contributed by atoms with Crippen LogP contribution in [0.2, 0.25) is 0 Å². The van der Waals surface area contributed by atoms with Gasteiger partial charge in [0.05, 0.1) is 6.26 Å². The first-order chi connectivity index (χ1) is 11.8. The van der Waals surface area contributed by atoms with Crippen molar-refractivity contribution >= 4 is 11.7 Å². The molecule has 0 amide bonds. The van der Waals surface area contributed by atoms with Gasteiger partial charge in [-0.15, -0.1) is 0 Å². The van der Waals surface area contributed by atoms with E-state index in [9.17, 15) is 4.79 Å². The highest BCUT2D eigenvalue weighted by atomic mass is 16.5. The molecule has 0 saturated carbocycles. The van der Waals surface area contributed by atoms with Crippen LogP contribution in [-0.4, -0.2) is 17.8 Å². The van der Waals surface area contributed by atoms with Gasteiger partial charge >= 0.3 is 0 Å². The maximum absolute atomic E-state index is 12.9. The first-order valence-corrected chi connectivity index (χ1v) is 7.75. The van der Waals surface area contributed by atoms with Crippen LogP contribution in [0.15, 0.2) is 88.5 Å². The number of rotatable bonds is 4. The van der Waals surface area contributed by atoms with Crippen molar-refractivity contribution in [3.63, 3.8) is 0 Å². The zero-order valence-electron chi connectivity index (χ0n) is 12.8. The molecule has 0 spiro atoms. The standard InChI is InChI=1S/C20H15NO3/c22-18(15-10-5-2-6-11-15)19-17(14-8-3-1-4-9-14)21-20(24-19)16-12-7-13-23-16/h1-13,17,19H/t17-,19+/m1/s1. The predicted molar refractivity (Wildman–Crippen MR) is 90.1 cm³/mol. The summed E-state index contributed by atoms with van der Waals surface area (Å²) in [6.07, 6.45) is 0.861.